The summed E-state index contributed by atoms with van der Waals surface area (Å²) in [6.07, 6.45) is -10.3. The van der Waals surface area contributed by atoms with Crippen LogP contribution in [0.5, 0.6) is 34.5 Å². The summed E-state index contributed by atoms with van der Waals surface area (Å²) in [5.41, 5.74) is -6.13. The van der Waals surface area contributed by atoms with Gasteiger partial charge in [-0.1, -0.05) is 12.1 Å². The molecule has 218 valence electrons. The summed E-state index contributed by atoms with van der Waals surface area (Å²) in [6, 6.07) is 9.48. The van der Waals surface area contributed by atoms with Crippen molar-refractivity contribution >= 4 is 11.4 Å². The van der Waals surface area contributed by atoms with Gasteiger partial charge in [0.25, 0.3) is 0 Å². The van der Waals surface area contributed by atoms with Gasteiger partial charge >= 0.3 is 23.7 Å². The highest BCUT2D eigenvalue weighted by Crippen LogP contribution is 2.46. The van der Waals surface area contributed by atoms with E-state index >= 15 is 0 Å². The number of hydrogen-bond donors (Lipinski definition) is 2. The zero-order chi connectivity index (χ0) is 31.0. The molecule has 2 N–H and O–H groups in total. The minimum Gasteiger partial charge on any atom is -0.502 e. The molecule has 0 heterocycles. The molecule has 0 spiro atoms. The van der Waals surface area contributed by atoms with Gasteiger partial charge < -0.3 is 19.7 Å². The summed E-state index contributed by atoms with van der Waals surface area (Å²) in [5.74, 6) is -3.21. The first-order valence-electron chi connectivity index (χ1n) is 11.3. The Hall–Kier alpha value is -5.54. The van der Waals surface area contributed by atoms with Crippen LogP contribution in [0.25, 0.3) is 11.1 Å². The quantitative estimate of drug-likeness (QED) is 0.123. The van der Waals surface area contributed by atoms with E-state index in [0.29, 0.717) is 12.1 Å². The molecule has 0 atom stereocenters. The Morgan fingerprint density at radius 3 is 1.14 bits per heavy atom. The number of alkyl halides is 6. The van der Waals surface area contributed by atoms with Crippen LogP contribution in [0.3, 0.4) is 0 Å². The average molecular weight is 596 g/mol. The van der Waals surface area contributed by atoms with Gasteiger partial charge in [0.2, 0.25) is 0 Å². The topological polar surface area (TPSA) is 145 Å². The van der Waals surface area contributed by atoms with Crippen LogP contribution in [0.15, 0.2) is 72.8 Å². The largest absolute Gasteiger partial charge is 0.502 e. The van der Waals surface area contributed by atoms with E-state index in [9.17, 15) is 56.8 Å². The third-order valence-corrected chi connectivity index (χ3v) is 5.64. The van der Waals surface area contributed by atoms with E-state index in [0.717, 1.165) is 60.7 Å². The van der Waals surface area contributed by atoms with Crippen LogP contribution < -0.4 is 9.47 Å². The highest BCUT2D eigenvalue weighted by Gasteiger charge is 2.39. The van der Waals surface area contributed by atoms with E-state index in [2.05, 4.69) is 0 Å². The SMILES string of the molecule is O=[N+]([O-])c1ccc(Oc2ccc(-c3ccc(Oc4ccc([N+](=O)[O-])c(O)c4)cc3C(F)(F)F)c(C(F)(F)F)c2)cc1O. The number of aromatic hydroxyl groups is 2. The maximum Gasteiger partial charge on any atom is 0.417 e. The van der Waals surface area contributed by atoms with Crippen molar-refractivity contribution in [1.82, 2.24) is 0 Å². The molecule has 0 amide bonds. The highest BCUT2D eigenvalue weighted by atomic mass is 19.4. The summed E-state index contributed by atoms with van der Waals surface area (Å²) >= 11 is 0. The Labute approximate surface area is 229 Å². The zero-order valence-corrected chi connectivity index (χ0v) is 20.4. The molecule has 0 aliphatic rings. The summed E-state index contributed by atoms with van der Waals surface area (Å²) in [5, 5.41) is 41.1. The van der Waals surface area contributed by atoms with Crippen LogP contribution in [0.2, 0.25) is 0 Å². The average Bonchev–Trinajstić information content (AvgIpc) is 2.87. The van der Waals surface area contributed by atoms with Crippen LogP contribution in [-0.2, 0) is 12.4 Å². The van der Waals surface area contributed by atoms with Gasteiger partial charge in [0.05, 0.1) is 21.0 Å². The van der Waals surface area contributed by atoms with Crippen LogP contribution in [0.4, 0.5) is 37.7 Å². The van der Waals surface area contributed by atoms with Gasteiger partial charge in [-0.05, 0) is 47.5 Å². The zero-order valence-electron chi connectivity index (χ0n) is 20.4. The predicted molar refractivity (Wildman–Crippen MR) is 132 cm³/mol. The molecule has 0 aliphatic heterocycles. The fourth-order valence-corrected chi connectivity index (χ4v) is 3.83. The lowest BCUT2D eigenvalue weighted by Crippen LogP contribution is -2.11. The number of phenolic OH excluding ortho intramolecular Hbond substituents is 2. The number of rotatable bonds is 7. The molecule has 0 radical (unpaired) electrons. The predicted octanol–water partition coefficient (Wildman–Crippen LogP) is 8.20. The Morgan fingerprint density at radius 1 is 0.548 bits per heavy atom. The van der Waals surface area contributed by atoms with Gasteiger partial charge in [0.1, 0.15) is 23.0 Å². The van der Waals surface area contributed by atoms with E-state index in [-0.39, 0.29) is 11.5 Å². The second kappa shape index (κ2) is 10.8. The molecule has 0 aliphatic carbocycles. The second-order valence-corrected chi connectivity index (χ2v) is 8.43. The van der Waals surface area contributed by atoms with Crippen molar-refractivity contribution in [1.29, 1.82) is 0 Å². The molecular weight excluding hydrogens is 582 g/mol. The molecule has 0 saturated carbocycles. The van der Waals surface area contributed by atoms with Crippen LogP contribution >= 0.6 is 0 Å². The van der Waals surface area contributed by atoms with Crippen molar-refractivity contribution in [2.24, 2.45) is 0 Å². The lowest BCUT2D eigenvalue weighted by Gasteiger charge is -2.19. The van der Waals surface area contributed by atoms with Gasteiger partial charge in [0, 0.05) is 24.3 Å². The second-order valence-electron chi connectivity index (χ2n) is 8.43. The van der Waals surface area contributed by atoms with Gasteiger partial charge in [-0.2, -0.15) is 26.3 Å². The van der Waals surface area contributed by atoms with Gasteiger partial charge in [-0.15, -0.1) is 0 Å². The van der Waals surface area contributed by atoms with Crippen molar-refractivity contribution in [2.75, 3.05) is 0 Å². The number of nitro groups is 2. The van der Waals surface area contributed by atoms with Crippen molar-refractivity contribution in [3.8, 4) is 45.6 Å². The summed E-state index contributed by atoms with van der Waals surface area (Å²) in [4.78, 5) is 19.9. The molecule has 0 aromatic heterocycles. The highest BCUT2D eigenvalue weighted by molar-refractivity contribution is 5.74. The lowest BCUT2D eigenvalue weighted by molar-refractivity contribution is -0.386. The maximum atomic E-state index is 14.0. The third-order valence-electron chi connectivity index (χ3n) is 5.64. The molecule has 0 saturated heterocycles. The Balaban J connectivity index is 1.74. The summed E-state index contributed by atoms with van der Waals surface area (Å²) in [7, 11) is 0. The van der Waals surface area contributed by atoms with Crippen LogP contribution in [0.1, 0.15) is 11.1 Å². The first-order valence-corrected chi connectivity index (χ1v) is 11.3. The van der Waals surface area contributed by atoms with Crippen molar-refractivity contribution in [3.05, 3.63) is 104 Å². The maximum absolute atomic E-state index is 14.0. The van der Waals surface area contributed by atoms with E-state index in [1.807, 2.05) is 0 Å². The van der Waals surface area contributed by atoms with Gasteiger partial charge in [-0.3, -0.25) is 20.2 Å². The summed E-state index contributed by atoms with van der Waals surface area (Å²) < 4.78 is 94.7. The minimum absolute atomic E-state index is 0.284. The van der Waals surface area contributed by atoms with Crippen LogP contribution in [0, 0.1) is 20.2 Å². The molecule has 0 unspecified atom stereocenters. The van der Waals surface area contributed by atoms with Crippen LogP contribution in [-0.4, -0.2) is 20.1 Å². The molecule has 4 rings (SSSR count). The minimum atomic E-state index is -5.17. The lowest BCUT2D eigenvalue weighted by atomic mass is 9.94. The number of halogens is 6. The molecule has 0 fully saturated rings. The molecule has 4 aromatic rings. The molecule has 4 aromatic carbocycles. The fraction of sp³-hybridized carbons (Fsp3) is 0.0769. The first kappa shape index (κ1) is 29.4. The van der Waals surface area contributed by atoms with E-state index < -0.39 is 78.8 Å². The number of benzene rings is 4. The Morgan fingerprint density at radius 2 is 0.857 bits per heavy atom. The number of nitro benzene ring substituents is 2. The van der Waals surface area contributed by atoms with E-state index in [1.165, 1.54) is 0 Å². The molecule has 42 heavy (non-hydrogen) atoms. The van der Waals surface area contributed by atoms with Gasteiger partial charge in [0.15, 0.2) is 11.5 Å². The van der Waals surface area contributed by atoms with E-state index in [4.69, 9.17) is 9.47 Å². The van der Waals surface area contributed by atoms with Crippen molar-refractivity contribution in [3.63, 3.8) is 0 Å². The summed E-state index contributed by atoms with van der Waals surface area (Å²) in [6.45, 7) is 0. The third kappa shape index (κ3) is 6.27. The standard InChI is InChI=1S/C26H14F6N2O8/c27-25(28,29)19-9-13(41-15-3-7-21(33(37)38)23(35)11-15)1-5-17(19)18-6-2-14(10-20(18)26(30,31)32)42-16-4-8-22(34(39)40)24(36)12-16/h1-12,35-36H. The molecule has 16 heteroatoms. The number of nitrogens with zero attached hydrogens (tertiary/aromatic N) is 2. The molecule has 10 nitrogen and oxygen atoms in total. The molecule has 0 bridgehead atoms. The normalized spacial score (nSPS) is 11.7. The number of hydrogen-bond acceptors (Lipinski definition) is 8. The van der Waals surface area contributed by atoms with Crippen molar-refractivity contribution < 1.29 is 55.9 Å². The smallest absolute Gasteiger partial charge is 0.417 e. The Bertz CT molecular complexity index is 1580. The number of phenols is 2. The monoisotopic (exact) mass is 596 g/mol. The Kier molecular flexibility index (Phi) is 7.57. The van der Waals surface area contributed by atoms with Gasteiger partial charge in [-0.25, -0.2) is 0 Å². The first-order chi connectivity index (χ1) is 19.5. The fourth-order valence-electron chi connectivity index (χ4n) is 3.83. The molecular formula is C26H14F6N2O8. The van der Waals surface area contributed by atoms with E-state index in [1.54, 1.807) is 0 Å². The van der Waals surface area contributed by atoms with Crippen molar-refractivity contribution in [2.45, 2.75) is 12.4 Å². The number of ether oxygens (including phenoxy) is 2.